The number of rotatable bonds is 4. The first-order valence-corrected chi connectivity index (χ1v) is 9.43. The first-order chi connectivity index (χ1) is 12.5. The quantitative estimate of drug-likeness (QED) is 0.757. The van der Waals surface area contributed by atoms with Gasteiger partial charge in [0.2, 0.25) is 5.91 Å². The third kappa shape index (κ3) is 3.12. The van der Waals surface area contributed by atoms with Crippen LogP contribution in [0.1, 0.15) is 11.1 Å². The van der Waals surface area contributed by atoms with Gasteiger partial charge in [-0.3, -0.25) is 4.79 Å². The van der Waals surface area contributed by atoms with Gasteiger partial charge in [-0.2, -0.15) is 0 Å². The van der Waals surface area contributed by atoms with Gasteiger partial charge in [0.25, 0.3) is 0 Å². The second-order valence-electron chi connectivity index (χ2n) is 6.77. The Morgan fingerprint density at radius 2 is 1.96 bits per heavy atom. The molecule has 1 N–H and O–H groups in total. The molecule has 0 unspecified atom stereocenters. The van der Waals surface area contributed by atoms with E-state index in [4.69, 9.17) is 9.72 Å². The van der Waals surface area contributed by atoms with E-state index < -0.39 is 0 Å². The molecule has 1 saturated heterocycles. The fraction of sp³-hybridized carbons (Fsp3) is 0.300. The molecule has 0 spiro atoms. The number of fused-ring (bicyclic) bond motifs is 1. The molecule has 26 heavy (non-hydrogen) atoms. The molecule has 3 aromatic rings. The van der Waals surface area contributed by atoms with Crippen molar-refractivity contribution in [3.05, 3.63) is 47.5 Å². The standard InChI is InChI=1S/C20H21N3O2S/c1-12-7-13(2)9-15(8-12)21-19(24)14-10-23(11-14)20-22-18-16(25-3)5-4-6-17(18)26-20/h4-9,14H,10-11H2,1-3H3,(H,21,24). The van der Waals surface area contributed by atoms with Crippen LogP contribution in [-0.2, 0) is 4.79 Å². The maximum atomic E-state index is 12.5. The third-order valence-corrected chi connectivity index (χ3v) is 5.68. The lowest BCUT2D eigenvalue weighted by molar-refractivity contribution is -0.120. The number of benzene rings is 2. The van der Waals surface area contributed by atoms with Crippen LogP contribution in [0.4, 0.5) is 10.8 Å². The number of thiazole rings is 1. The number of amides is 1. The van der Waals surface area contributed by atoms with Crippen molar-refractivity contribution in [1.29, 1.82) is 0 Å². The molecule has 4 rings (SSSR count). The van der Waals surface area contributed by atoms with E-state index in [0.717, 1.165) is 37.9 Å². The smallest absolute Gasteiger partial charge is 0.231 e. The van der Waals surface area contributed by atoms with Crippen LogP contribution >= 0.6 is 11.3 Å². The van der Waals surface area contributed by atoms with Crippen LogP contribution in [0.15, 0.2) is 36.4 Å². The number of aryl methyl sites for hydroxylation is 2. The number of nitrogens with one attached hydrogen (secondary N) is 1. The summed E-state index contributed by atoms with van der Waals surface area (Å²) in [6.07, 6.45) is 0. The predicted molar refractivity (Wildman–Crippen MR) is 106 cm³/mol. The van der Waals surface area contributed by atoms with Crippen molar-refractivity contribution >= 4 is 38.3 Å². The average Bonchev–Trinajstić information content (AvgIpc) is 2.95. The van der Waals surface area contributed by atoms with E-state index in [1.807, 2.05) is 44.2 Å². The van der Waals surface area contributed by atoms with E-state index in [9.17, 15) is 4.79 Å². The number of carbonyl (C=O) groups is 1. The number of methoxy groups -OCH3 is 1. The molecule has 1 fully saturated rings. The summed E-state index contributed by atoms with van der Waals surface area (Å²) < 4.78 is 6.48. The Bertz CT molecular complexity index is 956. The monoisotopic (exact) mass is 367 g/mol. The minimum atomic E-state index is -0.00951. The van der Waals surface area contributed by atoms with Gasteiger partial charge in [0, 0.05) is 18.8 Å². The topological polar surface area (TPSA) is 54.5 Å². The molecule has 0 radical (unpaired) electrons. The molecule has 1 aliphatic rings. The Hall–Kier alpha value is -2.60. The number of para-hydroxylation sites is 1. The number of anilines is 2. The summed E-state index contributed by atoms with van der Waals surface area (Å²) in [5, 5.41) is 3.98. The molecular formula is C20H21N3O2S. The molecule has 0 atom stereocenters. The number of ether oxygens (including phenoxy) is 1. The molecular weight excluding hydrogens is 346 g/mol. The molecule has 1 amide bonds. The zero-order valence-electron chi connectivity index (χ0n) is 15.1. The molecule has 1 aliphatic heterocycles. The van der Waals surface area contributed by atoms with Gasteiger partial charge in [-0.25, -0.2) is 4.98 Å². The summed E-state index contributed by atoms with van der Waals surface area (Å²) in [6.45, 7) is 5.46. The second-order valence-corrected chi connectivity index (χ2v) is 7.78. The number of hydrogen-bond acceptors (Lipinski definition) is 5. The number of hydrogen-bond donors (Lipinski definition) is 1. The summed E-state index contributed by atoms with van der Waals surface area (Å²) in [4.78, 5) is 19.3. The summed E-state index contributed by atoms with van der Waals surface area (Å²) in [5.41, 5.74) is 4.06. The van der Waals surface area contributed by atoms with E-state index in [1.165, 1.54) is 0 Å². The van der Waals surface area contributed by atoms with Crippen LogP contribution in [-0.4, -0.2) is 31.1 Å². The third-order valence-electron chi connectivity index (χ3n) is 4.60. The van der Waals surface area contributed by atoms with Crippen molar-refractivity contribution in [3.63, 3.8) is 0 Å². The zero-order valence-corrected chi connectivity index (χ0v) is 15.9. The van der Waals surface area contributed by atoms with E-state index >= 15 is 0 Å². The van der Waals surface area contributed by atoms with Crippen molar-refractivity contribution in [2.24, 2.45) is 5.92 Å². The molecule has 6 heteroatoms. The van der Waals surface area contributed by atoms with Crippen LogP contribution in [0.5, 0.6) is 5.75 Å². The molecule has 1 aromatic heterocycles. The Morgan fingerprint density at radius 1 is 1.23 bits per heavy atom. The van der Waals surface area contributed by atoms with Crippen molar-refractivity contribution in [1.82, 2.24) is 4.98 Å². The van der Waals surface area contributed by atoms with Crippen LogP contribution in [0.25, 0.3) is 10.2 Å². The SMILES string of the molecule is COc1cccc2sc(N3CC(C(=O)Nc4cc(C)cc(C)c4)C3)nc12. The molecule has 134 valence electrons. The maximum Gasteiger partial charge on any atom is 0.231 e. The lowest BCUT2D eigenvalue weighted by atomic mass is 10.00. The number of aromatic nitrogens is 1. The summed E-state index contributed by atoms with van der Waals surface area (Å²) >= 11 is 1.64. The first kappa shape index (κ1) is 16.8. The average molecular weight is 367 g/mol. The van der Waals surface area contributed by atoms with E-state index in [1.54, 1.807) is 18.4 Å². The lowest BCUT2D eigenvalue weighted by Gasteiger charge is -2.37. The fourth-order valence-corrected chi connectivity index (χ4v) is 4.30. The number of nitrogens with zero attached hydrogens (tertiary/aromatic N) is 2. The highest BCUT2D eigenvalue weighted by Gasteiger charge is 2.34. The highest BCUT2D eigenvalue weighted by Crippen LogP contribution is 2.36. The Kier molecular flexibility index (Phi) is 4.28. The Labute approximate surface area is 156 Å². The van der Waals surface area contributed by atoms with Crippen molar-refractivity contribution in [2.75, 3.05) is 30.4 Å². The van der Waals surface area contributed by atoms with Crippen LogP contribution in [0.3, 0.4) is 0 Å². The summed E-state index contributed by atoms with van der Waals surface area (Å²) in [5.74, 6) is 0.851. The molecule has 5 nitrogen and oxygen atoms in total. The zero-order chi connectivity index (χ0) is 18.3. The van der Waals surface area contributed by atoms with Gasteiger partial charge in [0.05, 0.1) is 17.7 Å². The van der Waals surface area contributed by atoms with Crippen LogP contribution < -0.4 is 15.0 Å². The van der Waals surface area contributed by atoms with Gasteiger partial charge in [-0.15, -0.1) is 0 Å². The lowest BCUT2D eigenvalue weighted by Crippen LogP contribution is -2.52. The molecule has 2 heterocycles. The van der Waals surface area contributed by atoms with Gasteiger partial charge < -0.3 is 15.0 Å². The van der Waals surface area contributed by atoms with Gasteiger partial charge >= 0.3 is 0 Å². The van der Waals surface area contributed by atoms with E-state index in [2.05, 4.69) is 16.3 Å². The predicted octanol–water partition coefficient (Wildman–Crippen LogP) is 4.00. The van der Waals surface area contributed by atoms with Crippen molar-refractivity contribution in [3.8, 4) is 5.75 Å². The molecule has 0 saturated carbocycles. The van der Waals surface area contributed by atoms with Gasteiger partial charge in [-0.05, 0) is 49.2 Å². The first-order valence-electron chi connectivity index (χ1n) is 8.61. The van der Waals surface area contributed by atoms with Crippen molar-refractivity contribution < 1.29 is 9.53 Å². The fourth-order valence-electron chi connectivity index (χ4n) is 3.30. The molecule has 0 aliphatic carbocycles. The summed E-state index contributed by atoms with van der Waals surface area (Å²) in [6, 6.07) is 12.0. The van der Waals surface area contributed by atoms with Crippen LogP contribution in [0.2, 0.25) is 0 Å². The van der Waals surface area contributed by atoms with Crippen LogP contribution in [0, 0.1) is 19.8 Å². The minimum Gasteiger partial charge on any atom is -0.494 e. The highest BCUT2D eigenvalue weighted by molar-refractivity contribution is 7.22. The van der Waals surface area contributed by atoms with E-state index in [0.29, 0.717) is 13.1 Å². The second kappa shape index (κ2) is 6.61. The van der Waals surface area contributed by atoms with Gasteiger partial charge in [0.1, 0.15) is 11.3 Å². The Morgan fingerprint density at radius 3 is 2.65 bits per heavy atom. The highest BCUT2D eigenvalue weighted by atomic mass is 32.1. The van der Waals surface area contributed by atoms with Crippen molar-refractivity contribution in [2.45, 2.75) is 13.8 Å². The molecule has 0 bridgehead atoms. The van der Waals surface area contributed by atoms with E-state index in [-0.39, 0.29) is 11.8 Å². The Balaban J connectivity index is 1.42. The normalized spacial score (nSPS) is 14.3. The van der Waals surface area contributed by atoms with Gasteiger partial charge in [-0.1, -0.05) is 23.5 Å². The summed E-state index contributed by atoms with van der Waals surface area (Å²) in [7, 11) is 1.66. The largest absolute Gasteiger partial charge is 0.494 e. The van der Waals surface area contributed by atoms with Gasteiger partial charge in [0.15, 0.2) is 5.13 Å². The number of carbonyl (C=O) groups excluding carboxylic acids is 1. The maximum absolute atomic E-state index is 12.5. The molecule has 2 aromatic carbocycles. The minimum absolute atomic E-state index is 0.00951.